The summed E-state index contributed by atoms with van der Waals surface area (Å²) in [6, 6.07) is 0.591. The summed E-state index contributed by atoms with van der Waals surface area (Å²) in [5.41, 5.74) is 0. The van der Waals surface area contributed by atoms with Gasteiger partial charge in [0.2, 0.25) is 11.8 Å². The molecular weight excluding hydrogens is 254 g/mol. The van der Waals surface area contributed by atoms with Crippen LogP contribution >= 0.6 is 0 Å². The number of piperazine rings is 1. The summed E-state index contributed by atoms with van der Waals surface area (Å²) in [6.07, 6.45) is 5.48. The molecule has 0 bridgehead atoms. The lowest BCUT2D eigenvalue weighted by atomic mass is 10.0. The van der Waals surface area contributed by atoms with Crippen molar-refractivity contribution >= 4 is 11.8 Å². The summed E-state index contributed by atoms with van der Waals surface area (Å²) in [4.78, 5) is 31.5. The maximum atomic E-state index is 12.8. The molecule has 1 aliphatic carbocycles. The Morgan fingerprint density at radius 3 is 2.50 bits per heavy atom. The van der Waals surface area contributed by atoms with Crippen molar-refractivity contribution in [2.24, 2.45) is 0 Å². The second kappa shape index (κ2) is 4.45. The molecule has 0 radical (unpaired) electrons. The van der Waals surface area contributed by atoms with Gasteiger partial charge in [0.25, 0.3) is 0 Å². The molecule has 0 spiro atoms. The van der Waals surface area contributed by atoms with Crippen LogP contribution in [0.5, 0.6) is 0 Å². The molecular formula is C15H23N3O2. The zero-order chi connectivity index (χ0) is 13.9. The predicted octanol–water partition coefficient (Wildman–Crippen LogP) is 0.445. The monoisotopic (exact) mass is 277 g/mol. The van der Waals surface area contributed by atoms with Crippen molar-refractivity contribution < 1.29 is 9.59 Å². The normalized spacial score (nSPS) is 38.8. The van der Waals surface area contributed by atoms with Crippen molar-refractivity contribution in [2.75, 3.05) is 19.6 Å². The lowest BCUT2D eigenvalue weighted by molar-refractivity contribution is -0.161. The number of likely N-dealkylation sites (tertiary alicyclic amines) is 1. The Labute approximate surface area is 119 Å². The standard InChI is InChI=1S/C15H23N3O2/c1-10-14(19)17-7-2-3-13(17)15(20)18(10)12-6-8-16(9-12)11-4-5-11/h10-13H,2-9H2,1H3. The topological polar surface area (TPSA) is 43.9 Å². The van der Waals surface area contributed by atoms with Crippen LogP contribution in [-0.4, -0.2) is 70.3 Å². The van der Waals surface area contributed by atoms with Gasteiger partial charge in [0.15, 0.2) is 0 Å². The fourth-order valence-corrected chi connectivity index (χ4v) is 4.27. The minimum atomic E-state index is -0.263. The smallest absolute Gasteiger partial charge is 0.246 e. The molecule has 0 N–H and O–H groups in total. The first-order chi connectivity index (χ1) is 9.66. The Hall–Kier alpha value is -1.10. The third-order valence-corrected chi connectivity index (χ3v) is 5.50. The molecule has 3 unspecified atom stereocenters. The van der Waals surface area contributed by atoms with Crippen LogP contribution in [0.15, 0.2) is 0 Å². The second-order valence-corrected chi connectivity index (χ2v) is 6.78. The van der Waals surface area contributed by atoms with Crippen molar-refractivity contribution in [3.63, 3.8) is 0 Å². The van der Waals surface area contributed by atoms with Gasteiger partial charge in [-0.05, 0) is 39.0 Å². The largest absolute Gasteiger partial charge is 0.329 e. The van der Waals surface area contributed by atoms with Crippen LogP contribution in [0.4, 0.5) is 0 Å². The predicted molar refractivity (Wildman–Crippen MR) is 74.0 cm³/mol. The zero-order valence-corrected chi connectivity index (χ0v) is 12.1. The Bertz CT molecular complexity index is 448. The maximum Gasteiger partial charge on any atom is 0.246 e. The van der Waals surface area contributed by atoms with Crippen molar-refractivity contribution in [3.05, 3.63) is 0 Å². The third-order valence-electron chi connectivity index (χ3n) is 5.50. The fraction of sp³-hybridized carbons (Fsp3) is 0.867. The number of rotatable bonds is 2. The molecule has 3 aliphatic heterocycles. The van der Waals surface area contributed by atoms with E-state index in [0.717, 1.165) is 44.9 Å². The maximum absolute atomic E-state index is 12.8. The molecule has 0 aromatic carbocycles. The van der Waals surface area contributed by atoms with Crippen LogP contribution in [0, 0.1) is 0 Å². The van der Waals surface area contributed by atoms with Gasteiger partial charge in [-0.3, -0.25) is 14.5 Å². The van der Waals surface area contributed by atoms with E-state index in [2.05, 4.69) is 4.90 Å². The summed E-state index contributed by atoms with van der Waals surface area (Å²) in [5.74, 6) is 0.370. The van der Waals surface area contributed by atoms with Crippen molar-refractivity contribution in [2.45, 2.75) is 63.2 Å². The number of amides is 2. The van der Waals surface area contributed by atoms with E-state index < -0.39 is 0 Å². The highest BCUT2D eigenvalue weighted by Gasteiger charge is 2.49. The average Bonchev–Trinajstić information content (AvgIpc) is 2.99. The molecule has 5 heteroatoms. The van der Waals surface area contributed by atoms with E-state index in [1.165, 1.54) is 12.8 Å². The van der Waals surface area contributed by atoms with Gasteiger partial charge in [-0.1, -0.05) is 0 Å². The minimum absolute atomic E-state index is 0.159. The van der Waals surface area contributed by atoms with E-state index >= 15 is 0 Å². The molecule has 3 saturated heterocycles. The molecule has 0 aromatic rings. The minimum Gasteiger partial charge on any atom is -0.329 e. The summed E-state index contributed by atoms with van der Waals surface area (Å²) in [6.45, 7) is 4.75. The van der Waals surface area contributed by atoms with Crippen LogP contribution in [-0.2, 0) is 9.59 Å². The highest BCUT2D eigenvalue weighted by atomic mass is 16.2. The van der Waals surface area contributed by atoms with Crippen LogP contribution < -0.4 is 0 Å². The SMILES string of the molecule is CC1C(=O)N2CCCC2C(=O)N1C1CCN(C2CC2)C1. The quantitative estimate of drug-likeness (QED) is 0.736. The first kappa shape index (κ1) is 12.6. The van der Waals surface area contributed by atoms with Crippen molar-refractivity contribution in [1.29, 1.82) is 0 Å². The van der Waals surface area contributed by atoms with Crippen LogP contribution in [0.25, 0.3) is 0 Å². The highest BCUT2D eigenvalue weighted by Crippen LogP contribution is 2.34. The lowest BCUT2D eigenvalue weighted by Gasteiger charge is -2.43. The molecule has 4 fully saturated rings. The second-order valence-electron chi connectivity index (χ2n) is 6.78. The molecule has 110 valence electrons. The molecule has 4 rings (SSSR count). The summed E-state index contributed by atoms with van der Waals surface area (Å²) >= 11 is 0. The van der Waals surface area contributed by atoms with E-state index in [9.17, 15) is 9.59 Å². The van der Waals surface area contributed by atoms with Gasteiger partial charge in [-0.25, -0.2) is 0 Å². The van der Waals surface area contributed by atoms with Gasteiger partial charge in [0, 0.05) is 31.7 Å². The Balaban J connectivity index is 1.54. The molecule has 20 heavy (non-hydrogen) atoms. The first-order valence-electron chi connectivity index (χ1n) is 8.03. The van der Waals surface area contributed by atoms with Gasteiger partial charge in [0.1, 0.15) is 12.1 Å². The summed E-state index contributed by atoms with van der Waals surface area (Å²) in [5, 5.41) is 0. The van der Waals surface area contributed by atoms with Gasteiger partial charge >= 0.3 is 0 Å². The number of carbonyl (C=O) groups excluding carboxylic acids is 2. The average molecular weight is 277 g/mol. The molecule has 4 aliphatic rings. The number of hydrogen-bond acceptors (Lipinski definition) is 3. The molecule has 0 aromatic heterocycles. The lowest BCUT2D eigenvalue weighted by Crippen LogP contribution is -2.64. The zero-order valence-electron chi connectivity index (χ0n) is 12.1. The summed E-state index contributed by atoms with van der Waals surface area (Å²) < 4.78 is 0. The Morgan fingerprint density at radius 1 is 0.950 bits per heavy atom. The van der Waals surface area contributed by atoms with E-state index in [1.807, 2.05) is 16.7 Å². The molecule has 3 heterocycles. The third kappa shape index (κ3) is 1.79. The van der Waals surface area contributed by atoms with E-state index in [1.54, 1.807) is 0 Å². The van der Waals surface area contributed by atoms with Gasteiger partial charge in [0.05, 0.1) is 0 Å². The summed E-state index contributed by atoms with van der Waals surface area (Å²) in [7, 11) is 0. The van der Waals surface area contributed by atoms with Gasteiger partial charge in [-0.2, -0.15) is 0 Å². The molecule has 3 atom stereocenters. The Morgan fingerprint density at radius 2 is 1.75 bits per heavy atom. The molecule has 1 saturated carbocycles. The number of hydrogen-bond donors (Lipinski definition) is 0. The van der Waals surface area contributed by atoms with E-state index in [-0.39, 0.29) is 29.9 Å². The molecule has 5 nitrogen and oxygen atoms in total. The van der Waals surface area contributed by atoms with Crippen LogP contribution in [0.3, 0.4) is 0 Å². The van der Waals surface area contributed by atoms with Crippen LogP contribution in [0.2, 0.25) is 0 Å². The Kier molecular flexibility index (Phi) is 2.81. The van der Waals surface area contributed by atoms with Gasteiger partial charge < -0.3 is 9.80 Å². The van der Waals surface area contributed by atoms with Crippen molar-refractivity contribution in [1.82, 2.24) is 14.7 Å². The van der Waals surface area contributed by atoms with E-state index in [0.29, 0.717) is 0 Å². The van der Waals surface area contributed by atoms with Crippen LogP contribution in [0.1, 0.15) is 39.0 Å². The number of fused-ring (bicyclic) bond motifs is 1. The van der Waals surface area contributed by atoms with Gasteiger partial charge in [-0.15, -0.1) is 0 Å². The van der Waals surface area contributed by atoms with E-state index in [4.69, 9.17) is 0 Å². The highest BCUT2D eigenvalue weighted by molar-refractivity contribution is 5.97. The number of carbonyl (C=O) groups is 2. The first-order valence-corrected chi connectivity index (χ1v) is 8.03. The fourth-order valence-electron chi connectivity index (χ4n) is 4.27. The number of nitrogens with zero attached hydrogens (tertiary/aromatic N) is 3. The van der Waals surface area contributed by atoms with Crippen molar-refractivity contribution in [3.8, 4) is 0 Å². The molecule has 2 amide bonds.